The zero-order valence-corrected chi connectivity index (χ0v) is 24.3. The van der Waals surface area contributed by atoms with Gasteiger partial charge in [0.2, 0.25) is 5.12 Å². The van der Waals surface area contributed by atoms with Gasteiger partial charge in [0.05, 0.1) is 11.6 Å². The van der Waals surface area contributed by atoms with Crippen LogP contribution < -0.4 is 0 Å². The van der Waals surface area contributed by atoms with Crippen LogP contribution in [0.2, 0.25) is 0 Å². The fraction of sp³-hybridized carbons (Fsp3) is 0.531. The molecular weight excluding hydrogens is 565 g/mol. The molecule has 2 heterocycles. The first kappa shape index (κ1) is 28.3. The molecule has 1 saturated heterocycles. The summed E-state index contributed by atoms with van der Waals surface area (Å²) in [6.45, 7) is 4.08. The minimum Gasteiger partial charge on any atom is -0.390 e. The van der Waals surface area contributed by atoms with Crippen LogP contribution in [0.4, 0.5) is 13.2 Å². The fourth-order valence-corrected chi connectivity index (χ4v) is 10.2. The highest BCUT2D eigenvalue weighted by atomic mass is 32.2. The number of fused-ring (bicyclic) bond motifs is 8. The Morgan fingerprint density at radius 1 is 1.21 bits per heavy atom. The lowest BCUT2D eigenvalue weighted by Crippen LogP contribution is -2.70. The van der Waals surface area contributed by atoms with Gasteiger partial charge in [0.1, 0.15) is 12.2 Å². The van der Waals surface area contributed by atoms with Crippen LogP contribution in [0, 0.1) is 28.6 Å². The van der Waals surface area contributed by atoms with Gasteiger partial charge in [-0.25, -0.2) is 13.2 Å². The number of aliphatic hydroxyl groups is 1. The van der Waals surface area contributed by atoms with Gasteiger partial charge < -0.3 is 5.11 Å². The molecule has 3 saturated carbocycles. The number of hydrogen-bond donors (Lipinski definition) is 1. The van der Waals surface area contributed by atoms with Crippen molar-refractivity contribution >= 4 is 33.6 Å². The minimum absolute atomic E-state index is 0.0559. The van der Waals surface area contributed by atoms with E-state index in [9.17, 15) is 19.1 Å². The third-order valence-corrected chi connectivity index (χ3v) is 11.9. The van der Waals surface area contributed by atoms with E-state index < -0.39 is 69.0 Å². The number of hydroxylamine groups is 2. The van der Waals surface area contributed by atoms with Gasteiger partial charge in [-0.3, -0.25) is 19.4 Å². The molecule has 7 rings (SSSR count). The summed E-state index contributed by atoms with van der Waals surface area (Å²) in [6, 6.07) is 8.67. The summed E-state index contributed by atoms with van der Waals surface area (Å²) < 4.78 is 47.1. The second-order valence-corrected chi connectivity index (χ2v) is 13.8. The second kappa shape index (κ2) is 9.48. The Balaban J connectivity index is 1.28. The lowest BCUT2D eigenvalue weighted by atomic mass is 9.44. The summed E-state index contributed by atoms with van der Waals surface area (Å²) in [5.41, 5.74) is -4.53. The van der Waals surface area contributed by atoms with Crippen molar-refractivity contribution in [3.63, 3.8) is 0 Å². The van der Waals surface area contributed by atoms with Crippen molar-refractivity contribution < 1.29 is 32.7 Å². The van der Waals surface area contributed by atoms with Crippen LogP contribution in [-0.4, -0.2) is 62.1 Å². The second-order valence-electron chi connectivity index (χ2n) is 13.0. The van der Waals surface area contributed by atoms with Gasteiger partial charge >= 0.3 is 0 Å². The molecule has 9 atom stereocenters. The topological polar surface area (TPSA) is 79.7 Å². The Hall–Kier alpha value is -2.53. The number of carbonyl (C=O) groups is 2. The molecule has 2 aromatic rings. The van der Waals surface area contributed by atoms with E-state index in [0.717, 1.165) is 16.5 Å². The summed E-state index contributed by atoms with van der Waals surface area (Å²) >= 11 is 0.534. The molecule has 0 amide bonds. The number of pyridine rings is 1. The molecule has 6 nitrogen and oxygen atoms in total. The Morgan fingerprint density at radius 2 is 2.02 bits per heavy atom. The Bertz CT molecular complexity index is 1550. The average Bonchev–Trinajstić information content (AvgIpc) is 3.44. The SMILES string of the molecule is C[C@]12C=CC(=O)C=C1[C@@H](F)C[C@H]1[C@@H]3C[C@H]4CN(Cc5cccc6ncccc56)O[C@@]4(C(=O)SCF)[C@@]3(C)C[C@H](O)[C@@]12F. The van der Waals surface area contributed by atoms with Gasteiger partial charge in [0, 0.05) is 47.3 Å². The number of aliphatic hydroxyl groups excluding tert-OH is 1. The van der Waals surface area contributed by atoms with Gasteiger partial charge in [0.15, 0.2) is 17.1 Å². The maximum Gasteiger partial charge on any atom is 0.226 e. The fourth-order valence-electron chi connectivity index (χ4n) is 9.41. The van der Waals surface area contributed by atoms with Crippen LogP contribution in [-0.2, 0) is 21.0 Å². The van der Waals surface area contributed by atoms with Crippen molar-refractivity contribution in [2.24, 2.45) is 28.6 Å². The molecule has 4 fully saturated rings. The molecule has 0 radical (unpaired) electrons. The number of thioether (sulfide) groups is 1. The molecule has 1 aromatic heterocycles. The molecule has 0 bridgehead atoms. The van der Waals surface area contributed by atoms with E-state index in [1.165, 1.54) is 18.2 Å². The number of nitrogens with zero attached hydrogens (tertiary/aromatic N) is 2. The van der Waals surface area contributed by atoms with Crippen molar-refractivity contribution in [1.82, 2.24) is 10.0 Å². The lowest BCUT2D eigenvalue weighted by molar-refractivity contribution is -0.266. The van der Waals surface area contributed by atoms with E-state index in [-0.39, 0.29) is 18.4 Å². The van der Waals surface area contributed by atoms with Crippen LogP contribution in [0.3, 0.4) is 0 Å². The van der Waals surface area contributed by atoms with Gasteiger partial charge in [-0.2, -0.15) is 5.06 Å². The number of aromatic nitrogens is 1. The Kier molecular flexibility index (Phi) is 6.38. The molecule has 0 unspecified atom stereocenters. The highest BCUT2D eigenvalue weighted by molar-refractivity contribution is 8.13. The van der Waals surface area contributed by atoms with E-state index in [0.29, 0.717) is 31.3 Å². The normalized spacial score (nSPS) is 42.6. The standard InChI is InChI=1S/C32H33F3N2O4S/c1-29-9-8-20(38)12-24(29)25(34)13-23-22-11-19-16-37(15-18-5-3-7-26-21(18)6-4-10-36-26)41-32(19,28(40)42-17-33)30(22,2)14-27(39)31(23,29)35/h3-10,12,19,22-23,25,27,39H,11,13-17H2,1-2H3/t19-,22-,23-,25-,27-,29-,30-,31-,32-/m0/s1. The summed E-state index contributed by atoms with van der Waals surface area (Å²) in [5.74, 6) is -2.26. The molecule has 1 aliphatic heterocycles. The van der Waals surface area contributed by atoms with Crippen molar-refractivity contribution in [2.45, 2.75) is 63.2 Å². The molecule has 5 aliphatic rings. The van der Waals surface area contributed by atoms with E-state index in [1.807, 2.05) is 37.3 Å². The third kappa shape index (κ3) is 3.49. The maximum atomic E-state index is 17.6. The van der Waals surface area contributed by atoms with Gasteiger partial charge in [-0.15, -0.1) is 0 Å². The highest BCUT2D eigenvalue weighted by Crippen LogP contribution is 2.73. The van der Waals surface area contributed by atoms with Crippen LogP contribution in [0.15, 0.2) is 60.3 Å². The number of rotatable bonds is 4. The highest BCUT2D eigenvalue weighted by Gasteiger charge is 2.79. The number of hydrogen-bond acceptors (Lipinski definition) is 7. The van der Waals surface area contributed by atoms with Crippen molar-refractivity contribution in [3.05, 3.63) is 65.9 Å². The quantitative estimate of drug-likeness (QED) is 0.501. The average molecular weight is 599 g/mol. The largest absolute Gasteiger partial charge is 0.390 e. The van der Waals surface area contributed by atoms with Crippen LogP contribution in [0.1, 0.15) is 38.7 Å². The van der Waals surface area contributed by atoms with Gasteiger partial charge in [-0.1, -0.05) is 43.0 Å². The number of ketones is 1. The number of benzene rings is 1. The monoisotopic (exact) mass is 598 g/mol. The minimum atomic E-state index is -2.26. The number of allylic oxidation sites excluding steroid dienone is 4. The van der Waals surface area contributed by atoms with Crippen molar-refractivity contribution in [1.29, 1.82) is 0 Å². The van der Waals surface area contributed by atoms with Crippen LogP contribution in [0.5, 0.6) is 0 Å². The lowest BCUT2D eigenvalue weighted by Gasteiger charge is -2.63. The zero-order valence-electron chi connectivity index (χ0n) is 23.4. The molecular formula is C32H33F3N2O4S. The van der Waals surface area contributed by atoms with Gasteiger partial charge in [0.25, 0.3) is 0 Å². The number of carbonyl (C=O) groups excluding carboxylic acids is 2. The molecule has 42 heavy (non-hydrogen) atoms. The molecule has 4 aliphatic carbocycles. The molecule has 1 N–H and O–H groups in total. The zero-order chi connectivity index (χ0) is 29.7. The maximum absolute atomic E-state index is 17.6. The molecule has 0 spiro atoms. The summed E-state index contributed by atoms with van der Waals surface area (Å²) in [5, 5.41) is 13.9. The summed E-state index contributed by atoms with van der Waals surface area (Å²) in [4.78, 5) is 37.1. The molecule has 10 heteroatoms. The summed E-state index contributed by atoms with van der Waals surface area (Å²) in [7, 11) is 0. The third-order valence-electron chi connectivity index (χ3n) is 11.2. The van der Waals surface area contributed by atoms with Crippen LogP contribution in [0.25, 0.3) is 10.9 Å². The molecule has 1 aromatic carbocycles. The van der Waals surface area contributed by atoms with E-state index in [4.69, 9.17) is 4.84 Å². The van der Waals surface area contributed by atoms with Crippen molar-refractivity contribution in [2.75, 3.05) is 12.6 Å². The first-order valence-electron chi connectivity index (χ1n) is 14.5. The first-order valence-corrected chi connectivity index (χ1v) is 15.4. The van der Waals surface area contributed by atoms with E-state index in [1.54, 1.807) is 18.2 Å². The van der Waals surface area contributed by atoms with E-state index in [2.05, 4.69) is 4.98 Å². The molecule has 222 valence electrons. The van der Waals surface area contributed by atoms with Crippen molar-refractivity contribution in [3.8, 4) is 0 Å². The Morgan fingerprint density at radius 3 is 2.81 bits per heavy atom. The van der Waals surface area contributed by atoms with Crippen LogP contribution >= 0.6 is 11.8 Å². The number of alkyl halides is 3. The smallest absolute Gasteiger partial charge is 0.226 e. The Labute approximate surface area is 246 Å². The predicted molar refractivity (Wildman–Crippen MR) is 152 cm³/mol. The number of halogens is 3. The first-order chi connectivity index (χ1) is 20.0. The van der Waals surface area contributed by atoms with Gasteiger partial charge in [-0.05, 0) is 67.5 Å². The van der Waals surface area contributed by atoms with E-state index >= 15 is 8.78 Å². The summed E-state index contributed by atoms with van der Waals surface area (Å²) in [6.07, 6.45) is 2.44. The predicted octanol–water partition coefficient (Wildman–Crippen LogP) is 5.45.